The smallest absolute Gasteiger partial charge is 0.434 e. The third-order valence-electron chi connectivity index (χ3n) is 6.93. The van der Waals surface area contributed by atoms with E-state index in [2.05, 4.69) is 16.5 Å². The zero-order chi connectivity index (χ0) is 31.4. The summed E-state index contributed by atoms with van der Waals surface area (Å²) in [7, 11) is 0. The molecule has 0 unspecified atom stereocenters. The van der Waals surface area contributed by atoms with E-state index in [0.29, 0.717) is 21.7 Å². The molecule has 1 aromatic heterocycles. The topological polar surface area (TPSA) is 97.0 Å². The number of benzene rings is 3. The van der Waals surface area contributed by atoms with Gasteiger partial charge >= 0.3 is 12.1 Å². The second-order valence-electron chi connectivity index (χ2n) is 10.5. The van der Waals surface area contributed by atoms with Crippen molar-refractivity contribution in [2.24, 2.45) is 0 Å². The Kier molecular flexibility index (Phi) is 9.26. The molecule has 0 radical (unpaired) electrons. The lowest BCUT2D eigenvalue weighted by atomic mass is 9.85. The molecule has 0 aliphatic rings. The Bertz CT molecular complexity index is 1650. The van der Waals surface area contributed by atoms with Crippen LogP contribution in [-0.4, -0.2) is 33.3 Å². The molecule has 2 atom stereocenters. The van der Waals surface area contributed by atoms with Gasteiger partial charge in [0.15, 0.2) is 11.3 Å². The number of hydrogen-bond acceptors (Lipinski definition) is 5. The van der Waals surface area contributed by atoms with Crippen LogP contribution in [0, 0.1) is 11.3 Å². The summed E-state index contributed by atoms with van der Waals surface area (Å²) in [6.45, 7) is 4.36. The lowest BCUT2D eigenvalue weighted by Gasteiger charge is -2.30. The van der Waals surface area contributed by atoms with Crippen molar-refractivity contribution in [2.75, 3.05) is 0 Å². The van der Waals surface area contributed by atoms with Crippen molar-refractivity contribution in [2.45, 2.75) is 50.9 Å². The van der Waals surface area contributed by atoms with E-state index in [9.17, 15) is 28.0 Å². The van der Waals surface area contributed by atoms with E-state index in [4.69, 9.17) is 16.3 Å². The highest BCUT2D eigenvalue weighted by Crippen LogP contribution is 2.35. The Hall–Kier alpha value is -4.62. The van der Waals surface area contributed by atoms with E-state index in [1.54, 1.807) is 55.5 Å². The quantitative estimate of drug-likeness (QED) is 0.209. The van der Waals surface area contributed by atoms with Gasteiger partial charge in [-0.25, -0.2) is 9.48 Å². The van der Waals surface area contributed by atoms with Gasteiger partial charge in [-0.2, -0.15) is 23.5 Å². The number of alkyl halides is 3. The Morgan fingerprint density at radius 3 is 2.35 bits per heavy atom. The van der Waals surface area contributed by atoms with Crippen LogP contribution in [0.4, 0.5) is 13.2 Å². The molecule has 0 fully saturated rings. The molecule has 1 heterocycles. The third-order valence-corrected chi connectivity index (χ3v) is 7.18. The van der Waals surface area contributed by atoms with Gasteiger partial charge < -0.3 is 10.1 Å². The van der Waals surface area contributed by atoms with Crippen LogP contribution >= 0.6 is 11.6 Å². The van der Waals surface area contributed by atoms with E-state index in [0.717, 1.165) is 17.3 Å². The average Bonchev–Trinajstić information content (AvgIpc) is 3.44. The van der Waals surface area contributed by atoms with E-state index >= 15 is 0 Å². The van der Waals surface area contributed by atoms with Crippen molar-refractivity contribution in [1.82, 2.24) is 15.1 Å². The number of carbonyl (C=O) groups excluding carboxylic acids is 2. The number of ether oxygens (including phenoxy) is 1. The number of nitrogens with zero attached hydrogens (tertiary/aromatic N) is 3. The summed E-state index contributed by atoms with van der Waals surface area (Å²) in [5.41, 5.74) is -1.70. The van der Waals surface area contributed by atoms with Crippen molar-refractivity contribution in [3.8, 4) is 11.8 Å². The van der Waals surface area contributed by atoms with Gasteiger partial charge in [-0.1, -0.05) is 54.1 Å². The summed E-state index contributed by atoms with van der Waals surface area (Å²) in [5.74, 6) is -2.37. The average molecular weight is 609 g/mol. The fourth-order valence-corrected chi connectivity index (χ4v) is 4.77. The highest BCUT2D eigenvalue weighted by atomic mass is 35.5. The Balaban J connectivity index is 1.56. The van der Waals surface area contributed by atoms with Gasteiger partial charge in [0.1, 0.15) is 5.56 Å². The first-order chi connectivity index (χ1) is 20.3. The van der Waals surface area contributed by atoms with Crippen molar-refractivity contribution < 1.29 is 27.5 Å². The monoisotopic (exact) mass is 608 g/mol. The number of aromatic nitrogens is 2. The molecule has 43 heavy (non-hydrogen) atoms. The molecule has 1 amide bonds. The van der Waals surface area contributed by atoms with Crippen LogP contribution in [0.3, 0.4) is 0 Å². The minimum Gasteiger partial charge on any atom is -0.446 e. The first-order valence-electron chi connectivity index (χ1n) is 13.3. The van der Waals surface area contributed by atoms with Crippen LogP contribution in [0.1, 0.15) is 59.4 Å². The van der Waals surface area contributed by atoms with Crippen molar-refractivity contribution in [1.29, 1.82) is 5.26 Å². The first-order valence-corrected chi connectivity index (χ1v) is 13.7. The van der Waals surface area contributed by atoms with Crippen molar-refractivity contribution >= 4 is 23.5 Å². The van der Waals surface area contributed by atoms with E-state index < -0.39 is 41.0 Å². The van der Waals surface area contributed by atoms with Crippen LogP contribution in [0.15, 0.2) is 85.1 Å². The van der Waals surface area contributed by atoms with Gasteiger partial charge in [-0.05, 0) is 74.7 Å². The number of carbonyl (C=O) groups is 2. The van der Waals surface area contributed by atoms with Gasteiger partial charge in [0.2, 0.25) is 0 Å². The molecule has 4 rings (SSSR count). The molecular weight excluding hydrogens is 581 g/mol. The summed E-state index contributed by atoms with van der Waals surface area (Å²) in [4.78, 5) is 26.5. The lowest BCUT2D eigenvalue weighted by molar-refractivity contribution is -0.143. The van der Waals surface area contributed by atoms with Crippen LogP contribution < -0.4 is 5.32 Å². The van der Waals surface area contributed by atoms with Gasteiger partial charge in [0, 0.05) is 17.0 Å². The fraction of sp³-hybridized carbons (Fsp3) is 0.250. The standard InChI is InChI=1S/C32H28ClF3N4O3/c1-20(26(17-21-12-14-24(33)15-13-21)23-9-7-8-22(16-23)18-37)39-30(42)31(2,3)43-29(41)27-19-38-40(28(27)32(34,35)36)25-10-5-4-6-11-25/h4-16,19-20,26H,17H2,1-3H3,(H,39,42)/t20-,26+/m0/s1. The van der Waals surface area contributed by atoms with Crippen LogP contribution in [0.25, 0.3) is 5.69 Å². The number of para-hydroxylation sites is 1. The number of hydrogen-bond donors (Lipinski definition) is 1. The van der Waals surface area contributed by atoms with Crippen molar-refractivity contribution in [3.63, 3.8) is 0 Å². The zero-order valence-corrected chi connectivity index (χ0v) is 24.3. The summed E-state index contributed by atoms with van der Waals surface area (Å²) in [6.07, 6.45) is -3.69. The molecule has 7 nitrogen and oxygen atoms in total. The second kappa shape index (κ2) is 12.7. The molecule has 0 aliphatic heterocycles. The number of rotatable bonds is 9. The fourth-order valence-electron chi connectivity index (χ4n) is 4.65. The minimum absolute atomic E-state index is 0.104. The predicted molar refractivity (Wildman–Crippen MR) is 155 cm³/mol. The molecule has 1 N–H and O–H groups in total. The molecule has 0 saturated heterocycles. The third kappa shape index (κ3) is 7.43. The van der Waals surface area contributed by atoms with Crippen LogP contribution in [-0.2, 0) is 22.1 Å². The molecule has 4 aromatic rings. The molecule has 0 spiro atoms. The zero-order valence-electron chi connectivity index (χ0n) is 23.5. The van der Waals surface area contributed by atoms with E-state index in [1.807, 2.05) is 18.2 Å². The number of amides is 1. The van der Waals surface area contributed by atoms with Crippen LogP contribution in [0.5, 0.6) is 0 Å². The summed E-state index contributed by atoms with van der Waals surface area (Å²) < 4.78 is 48.2. The largest absolute Gasteiger partial charge is 0.446 e. The summed E-state index contributed by atoms with van der Waals surface area (Å²) in [5, 5.41) is 16.6. The van der Waals surface area contributed by atoms with Gasteiger partial charge in [0.05, 0.1) is 23.5 Å². The number of nitriles is 1. The summed E-state index contributed by atoms with van der Waals surface area (Å²) in [6, 6.07) is 23.3. The molecule has 3 aromatic carbocycles. The molecule has 11 heteroatoms. The SMILES string of the molecule is C[C@H](NC(=O)C(C)(C)OC(=O)c1cnn(-c2ccccc2)c1C(F)(F)F)[C@@H](Cc1ccc(Cl)cc1)c1cccc(C#N)c1. The number of esters is 1. The number of halogens is 4. The van der Waals surface area contributed by atoms with E-state index in [1.165, 1.54) is 26.0 Å². The second-order valence-corrected chi connectivity index (χ2v) is 10.9. The van der Waals surface area contributed by atoms with Gasteiger partial charge in [-0.15, -0.1) is 0 Å². The normalized spacial score (nSPS) is 13.1. The lowest BCUT2D eigenvalue weighted by Crippen LogP contribution is -2.50. The maximum atomic E-state index is 14.1. The summed E-state index contributed by atoms with van der Waals surface area (Å²) >= 11 is 6.04. The first kappa shape index (κ1) is 31.3. The molecule has 0 bridgehead atoms. The molecule has 0 aliphatic carbocycles. The van der Waals surface area contributed by atoms with Gasteiger partial charge in [-0.3, -0.25) is 4.79 Å². The maximum Gasteiger partial charge on any atom is 0.434 e. The minimum atomic E-state index is -4.94. The molecule has 222 valence electrons. The van der Waals surface area contributed by atoms with E-state index in [-0.39, 0.29) is 11.6 Å². The highest BCUT2D eigenvalue weighted by Gasteiger charge is 2.43. The Labute approximate surface area is 251 Å². The molecule has 0 saturated carbocycles. The van der Waals surface area contributed by atoms with Crippen molar-refractivity contribution in [3.05, 3.63) is 118 Å². The highest BCUT2D eigenvalue weighted by molar-refractivity contribution is 6.30. The Morgan fingerprint density at radius 1 is 1.05 bits per heavy atom. The number of nitrogens with one attached hydrogen (secondary N) is 1. The van der Waals surface area contributed by atoms with Crippen LogP contribution in [0.2, 0.25) is 5.02 Å². The van der Waals surface area contributed by atoms with Gasteiger partial charge in [0.25, 0.3) is 5.91 Å². The predicted octanol–water partition coefficient (Wildman–Crippen LogP) is 6.88. The Morgan fingerprint density at radius 2 is 1.72 bits per heavy atom. The maximum absolute atomic E-state index is 14.1. The molecular formula is C32H28ClF3N4O3.